The molecule has 0 aliphatic heterocycles. The molecular weight excluding hydrogens is 308 g/mol. The van der Waals surface area contributed by atoms with Crippen LogP contribution >= 0.6 is 0 Å². The van der Waals surface area contributed by atoms with Gasteiger partial charge >= 0.3 is 0 Å². The van der Waals surface area contributed by atoms with E-state index in [1.54, 1.807) is 43.5 Å². The molecule has 0 heterocycles. The maximum Gasteiger partial charge on any atom is 0.204 e. The van der Waals surface area contributed by atoms with E-state index in [9.17, 15) is 4.79 Å². The topological polar surface area (TPSA) is 54.0 Å². The standard InChI is InChI=1S/C19H22O5/c1-4-5-10-23-19-17(22-3)11-14(13-20)12-18(19)24-16-8-6-15(21-2)7-9-16/h6-9,11-13H,4-5,10H2,1-3H3. The van der Waals surface area contributed by atoms with E-state index in [1.807, 2.05) is 0 Å². The lowest BCUT2D eigenvalue weighted by Crippen LogP contribution is -2.02. The zero-order valence-electron chi connectivity index (χ0n) is 14.2. The summed E-state index contributed by atoms with van der Waals surface area (Å²) in [6, 6.07) is 10.4. The maximum absolute atomic E-state index is 11.2. The Morgan fingerprint density at radius 1 is 0.958 bits per heavy atom. The highest BCUT2D eigenvalue weighted by atomic mass is 16.5. The predicted molar refractivity (Wildman–Crippen MR) is 91.9 cm³/mol. The van der Waals surface area contributed by atoms with Crippen molar-refractivity contribution < 1.29 is 23.7 Å². The van der Waals surface area contributed by atoms with Gasteiger partial charge in [0.25, 0.3) is 0 Å². The first-order valence-corrected chi connectivity index (χ1v) is 7.83. The van der Waals surface area contributed by atoms with E-state index in [-0.39, 0.29) is 0 Å². The molecule has 0 bridgehead atoms. The zero-order chi connectivity index (χ0) is 17.4. The molecule has 0 amide bonds. The third-order valence-electron chi connectivity index (χ3n) is 3.43. The average molecular weight is 330 g/mol. The summed E-state index contributed by atoms with van der Waals surface area (Å²) in [5.41, 5.74) is 0.457. The van der Waals surface area contributed by atoms with Gasteiger partial charge in [-0.25, -0.2) is 0 Å². The molecule has 2 aromatic carbocycles. The van der Waals surface area contributed by atoms with Crippen LogP contribution in [0.3, 0.4) is 0 Å². The normalized spacial score (nSPS) is 10.1. The number of hydrogen-bond donors (Lipinski definition) is 0. The van der Waals surface area contributed by atoms with Crippen LogP contribution in [0.4, 0.5) is 0 Å². The fourth-order valence-corrected chi connectivity index (χ4v) is 2.12. The van der Waals surface area contributed by atoms with E-state index in [4.69, 9.17) is 18.9 Å². The Morgan fingerprint density at radius 3 is 2.21 bits per heavy atom. The van der Waals surface area contributed by atoms with Gasteiger partial charge < -0.3 is 18.9 Å². The summed E-state index contributed by atoms with van der Waals surface area (Å²) in [5.74, 6) is 2.76. The van der Waals surface area contributed by atoms with Crippen molar-refractivity contribution in [1.29, 1.82) is 0 Å². The van der Waals surface area contributed by atoms with Gasteiger partial charge in [-0.05, 0) is 42.8 Å². The zero-order valence-corrected chi connectivity index (χ0v) is 14.2. The van der Waals surface area contributed by atoms with E-state index in [2.05, 4.69) is 6.92 Å². The van der Waals surface area contributed by atoms with Crippen LogP contribution in [0.15, 0.2) is 36.4 Å². The van der Waals surface area contributed by atoms with Crippen molar-refractivity contribution in [3.63, 3.8) is 0 Å². The summed E-state index contributed by atoms with van der Waals surface area (Å²) in [4.78, 5) is 11.2. The van der Waals surface area contributed by atoms with Gasteiger partial charge in [0.15, 0.2) is 11.5 Å². The van der Waals surface area contributed by atoms with Gasteiger partial charge in [-0.15, -0.1) is 0 Å². The molecule has 0 aliphatic rings. The van der Waals surface area contributed by atoms with Gasteiger partial charge in [0, 0.05) is 5.56 Å². The van der Waals surface area contributed by atoms with Crippen LogP contribution in [0, 0.1) is 0 Å². The van der Waals surface area contributed by atoms with Crippen molar-refractivity contribution in [3.8, 4) is 28.7 Å². The molecule has 24 heavy (non-hydrogen) atoms. The van der Waals surface area contributed by atoms with Crippen molar-refractivity contribution in [2.24, 2.45) is 0 Å². The smallest absolute Gasteiger partial charge is 0.204 e. The molecule has 0 aromatic heterocycles. The number of carbonyl (C=O) groups is 1. The summed E-state index contributed by atoms with van der Waals surface area (Å²) in [5, 5.41) is 0. The minimum absolute atomic E-state index is 0.442. The number of unbranched alkanes of at least 4 members (excludes halogenated alkanes) is 1. The predicted octanol–water partition coefficient (Wildman–Crippen LogP) is 4.49. The minimum Gasteiger partial charge on any atom is -0.497 e. The van der Waals surface area contributed by atoms with E-state index < -0.39 is 0 Å². The molecule has 0 fully saturated rings. The van der Waals surface area contributed by atoms with Crippen molar-refractivity contribution >= 4 is 6.29 Å². The van der Waals surface area contributed by atoms with Crippen LogP contribution in [0.5, 0.6) is 28.7 Å². The number of hydrogen-bond acceptors (Lipinski definition) is 5. The molecule has 0 unspecified atom stereocenters. The van der Waals surface area contributed by atoms with Gasteiger partial charge in [-0.1, -0.05) is 13.3 Å². The second kappa shape index (κ2) is 8.82. The van der Waals surface area contributed by atoms with Crippen molar-refractivity contribution in [2.45, 2.75) is 19.8 Å². The highest BCUT2D eigenvalue weighted by Crippen LogP contribution is 2.41. The third kappa shape index (κ3) is 4.41. The highest BCUT2D eigenvalue weighted by Gasteiger charge is 2.15. The fourth-order valence-electron chi connectivity index (χ4n) is 2.12. The van der Waals surface area contributed by atoms with Crippen LogP contribution in [0.25, 0.3) is 0 Å². The quantitative estimate of drug-likeness (QED) is 0.501. The summed E-state index contributed by atoms with van der Waals surface area (Å²) in [6.45, 7) is 2.64. The van der Waals surface area contributed by atoms with E-state index in [1.165, 1.54) is 7.11 Å². The molecule has 2 aromatic rings. The lowest BCUT2D eigenvalue weighted by molar-refractivity contribution is 0.112. The number of carbonyl (C=O) groups excluding carboxylic acids is 1. The van der Waals surface area contributed by atoms with Crippen LogP contribution in [-0.2, 0) is 0 Å². The summed E-state index contributed by atoms with van der Waals surface area (Å²) in [7, 11) is 3.14. The van der Waals surface area contributed by atoms with Crippen LogP contribution in [0.2, 0.25) is 0 Å². The monoisotopic (exact) mass is 330 g/mol. The van der Waals surface area contributed by atoms with E-state index in [0.29, 0.717) is 35.2 Å². The SMILES string of the molecule is CCCCOc1c(OC)cc(C=O)cc1Oc1ccc(OC)cc1. The minimum atomic E-state index is 0.442. The van der Waals surface area contributed by atoms with Crippen LogP contribution < -0.4 is 18.9 Å². The molecule has 0 N–H and O–H groups in total. The number of benzene rings is 2. The second-order valence-electron chi connectivity index (χ2n) is 5.15. The lowest BCUT2D eigenvalue weighted by atomic mass is 10.2. The van der Waals surface area contributed by atoms with Gasteiger partial charge in [0.2, 0.25) is 5.75 Å². The maximum atomic E-state index is 11.2. The summed E-state index contributed by atoms with van der Waals surface area (Å²) < 4.78 is 22.2. The van der Waals surface area contributed by atoms with Crippen LogP contribution in [-0.4, -0.2) is 27.1 Å². The van der Waals surface area contributed by atoms with Crippen molar-refractivity contribution in [2.75, 3.05) is 20.8 Å². The van der Waals surface area contributed by atoms with Crippen molar-refractivity contribution in [1.82, 2.24) is 0 Å². The molecule has 128 valence electrons. The molecule has 0 saturated carbocycles. The molecule has 0 saturated heterocycles. The van der Waals surface area contributed by atoms with Crippen LogP contribution in [0.1, 0.15) is 30.1 Å². The van der Waals surface area contributed by atoms with Gasteiger partial charge in [-0.2, -0.15) is 0 Å². The van der Waals surface area contributed by atoms with Crippen molar-refractivity contribution in [3.05, 3.63) is 42.0 Å². The van der Waals surface area contributed by atoms with Gasteiger partial charge in [-0.3, -0.25) is 4.79 Å². The Hall–Kier alpha value is -2.69. The van der Waals surface area contributed by atoms with Gasteiger partial charge in [0.1, 0.15) is 17.8 Å². The molecule has 0 aliphatic carbocycles. The number of methoxy groups -OCH3 is 2. The molecule has 0 atom stereocenters. The van der Waals surface area contributed by atoms with Gasteiger partial charge in [0.05, 0.1) is 20.8 Å². The number of rotatable bonds is 9. The Morgan fingerprint density at radius 2 is 1.62 bits per heavy atom. The number of ether oxygens (including phenoxy) is 4. The van der Waals surface area contributed by atoms with E-state index in [0.717, 1.165) is 24.9 Å². The molecule has 5 nitrogen and oxygen atoms in total. The number of aldehydes is 1. The Bertz CT molecular complexity index is 664. The molecule has 5 heteroatoms. The van der Waals surface area contributed by atoms with E-state index >= 15 is 0 Å². The summed E-state index contributed by atoms with van der Waals surface area (Å²) in [6.07, 6.45) is 2.68. The largest absolute Gasteiger partial charge is 0.497 e. The Labute approximate surface area is 142 Å². The Kier molecular flexibility index (Phi) is 6.49. The lowest BCUT2D eigenvalue weighted by Gasteiger charge is -2.16. The third-order valence-corrected chi connectivity index (χ3v) is 3.43. The molecule has 2 rings (SSSR count). The fraction of sp³-hybridized carbons (Fsp3) is 0.316. The molecular formula is C19H22O5. The first-order valence-electron chi connectivity index (χ1n) is 7.83. The Balaban J connectivity index is 2.34. The average Bonchev–Trinajstić information content (AvgIpc) is 2.63. The first-order chi connectivity index (χ1) is 11.7. The summed E-state index contributed by atoms with van der Waals surface area (Å²) >= 11 is 0. The molecule has 0 spiro atoms. The second-order valence-corrected chi connectivity index (χ2v) is 5.15. The first kappa shape index (κ1) is 17.7. The molecule has 0 radical (unpaired) electrons. The highest BCUT2D eigenvalue weighted by molar-refractivity contribution is 5.78.